The van der Waals surface area contributed by atoms with Crippen LogP contribution in [0.25, 0.3) is 0 Å². The van der Waals surface area contributed by atoms with Crippen LogP contribution in [0.4, 0.5) is 0 Å². The van der Waals surface area contributed by atoms with E-state index in [9.17, 15) is 0 Å². The highest BCUT2D eigenvalue weighted by Gasteiger charge is 2.31. The molecule has 2 aliphatic rings. The standard InChI is InChI=1S/C16H24N6/c1-11-16(12(2)18-17-11)13-6-5-8-21(13)10-15-20-19-14-7-3-4-9-22(14)15/h13H,3-10H2,1-2H3,(H,17,18). The molecule has 118 valence electrons. The molecule has 1 saturated heterocycles. The molecule has 4 heterocycles. The molecular weight excluding hydrogens is 276 g/mol. The van der Waals surface area contributed by atoms with Gasteiger partial charge in [-0.25, -0.2) is 0 Å². The number of nitrogens with one attached hydrogen (secondary N) is 1. The zero-order chi connectivity index (χ0) is 15.1. The molecule has 0 amide bonds. The van der Waals surface area contributed by atoms with Crippen molar-refractivity contribution >= 4 is 0 Å². The summed E-state index contributed by atoms with van der Waals surface area (Å²) in [5.74, 6) is 2.31. The maximum Gasteiger partial charge on any atom is 0.147 e. The van der Waals surface area contributed by atoms with Crippen LogP contribution >= 0.6 is 0 Å². The van der Waals surface area contributed by atoms with Gasteiger partial charge in [0.25, 0.3) is 0 Å². The molecule has 6 heteroatoms. The molecule has 1 N–H and O–H groups in total. The summed E-state index contributed by atoms with van der Waals surface area (Å²) in [6.07, 6.45) is 6.04. The van der Waals surface area contributed by atoms with Crippen molar-refractivity contribution in [1.29, 1.82) is 0 Å². The third kappa shape index (κ3) is 2.26. The Morgan fingerprint density at radius 1 is 1.14 bits per heavy atom. The minimum absolute atomic E-state index is 0.468. The lowest BCUT2D eigenvalue weighted by Gasteiger charge is -2.25. The highest BCUT2D eigenvalue weighted by Crippen LogP contribution is 2.35. The van der Waals surface area contributed by atoms with Gasteiger partial charge < -0.3 is 4.57 Å². The molecule has 0 aliphatic carbocycles. The number of fused-ring (bicyclic) bond motifs is 1. The Balaban J connectivity index is 1.58. The first-order chi connectivity index (χ1) is 10.7. The van der Waals surface area contributed by atoms with Crippen molar-refractivity contribution in [3.8, 4) is 0 Å². The highest BCUT2D eigenvalue weighted by atomic mass is 15.3. The normalized spacial score (nSPS) is 22.2. The van der Waals surface area contributed by atoms with Crippen LogP contribution in [-0.4, -0.2) is 36.4 Å². The van der Waals surface area contributed by atoms with Crippen molar-refractivity contribution in [2.24, 2.45) is 0 Å². The lowest BCUT2D eigenvalue weighted by molar-refractivity contribution is 0.236. The van der Waals surface area contributed by atoms with E-state index in [2.05, 4.69) is 43.7 Å². The fourth-order valence-corrected chi connectivity index (χ4v) is 4.06. The van der Waals surface area contributed by atoms with Crippen molar-refractivity contribution in [3.63, 3.8) is 0 Å². The number of hydrogen-bond acceptors (Lipinski definition) is 4. The first-order valence-electron chi connectivity index (χ1n) is 8.40. The predicted molar refractivity (Wildman–Crippen MR) is 83.4 cm³/mol. The summed E-state index contributed by atoms with van der Waals surface area (Å²) in [5, 5.41) is 16.4. The minimum Gasteiger partial charge on any atom is -0.314 e. The van der Waals surface area contributed by atoms with Gasteiger partial charge in [-0.05, 0) is 46.1 Å². The second-order valence-electron chi connectivity index (χ2n) is 6.62. The van der Waals surface area contributed by atoms with Crippen LogP contribution in [0.3, 0.4) is 0 Å². The lowest BCUT2D eigenvalue weighted by atomic mass is 10.0. The van der Waals surface area contributed by atoms with Gasteiger partial charge >= 0.3 is 0 Å². The van der Waals surface area contributed by atoms with Crippen LogP contribution in [0.15, 0.2) is 0 Å². The number of rotatable bonds is 3. The van der Waals surface area contributed by atoms with Crippen LogP contribution in [-0.2, 0) is 19.5 Å². The van der Waals surface area contributed by atoms with Crippen LogP contribution in [0.2, 0.25) is 0 Å². The number of aromatic nitrogens is 5. The van der Waals surface area contributed by atoms with E-state index in [1.54, 1.807) is 0 Å². The van der Waals surface area contributed by atoms with E-state index in [1.165, 1.54) is 42.8 Å². The molecule has 1 fully saturated rings. The van der Waals surface area contributed by atoms with Crippen molar-refractivity contribution in [1.82, 2.24) is 29.9 Å². The average Bonchev–Trinajstić information content (AvgIpc) is 3.21. The van der Waals surface area contributed by atoms with Gasteiger partial charge in [0, 0.05) is 30.3 Å². The molecule has 22 heavy (non-hydrogen) atoms. The summed E-state index contributed by atoms with van der Waals surface area (Å²) in [5.41, 5.74) is 3.73. The first kappa shape index (κ1) is 13.9. The number of hydrogen-bond donors (Lipinski definition) is 1. The van der Waals surface area contributed by atoms with Gasteiger partial charge in [-0.2, -0.15) is 5.10 Å². The van der Waals surface area contributed by atoms with Gasteiger partial charge in [-0.15, -0.1) is 10.2 Å². The molecule has 2 aromatic rings. The van der Waals surface area contributed by atoms with Crippen LogP contribution in [0, 0.1) is 13.8 Å². The molecule has 0 saturated carbocycles. The molecule has 2 aliphatic heterocycles. The maximum atomic E-state index is 4.47. The molecule has 1 unspecified atom stereocenters. The molecule has 2 aromatic heterocycles. The monoisotopic (exact) mass is 300 g/mol. The number of nitrogens with zero attached hydrogens (tertiary/aromatic N) is 5. The third-order valence-corrected chi connectivity index (χ3v) is 5.16. The smallest absolute Gasteiger partial charge is 0.147 e. The number of aryl methyl sites for hydroxylation is 3. The molecular formula is C16H24N6. The average molecular weight is 300 g/mol. The second-order valence-corrected chi connectivity index (χ2v) is 6.62. The van der Waals surface area contributed by atoms with E-state index in [0.29, 0.717) is 6.04 Å². The fraction of sp³-hybridized carbons (Fsp3) is 0.688. The Kier molecular flexibility index (Phi) is 3.48. The number of H-pyrrole nitrogens is 1. The summed E-state index contributed by atoms with van der Waals surface area (Å²) >= 11 is 0. The van der Waals surface area contributed by atoms with Crippen molar-refractivity contribution in [3.05, 3.63) is 28.6 Å². The highest BCUT2D eigenvalue weighted by molar-refractivity contribution is 5.28. The Hall–Kier alpha value is -1.69. The molecule has 0 spiro atoms. The van der Waals surface area contributed by atoms with Gasteiger partial charge in [0.1, 0.15) is 11.6 Å². The zero-order valence-corrected chi connectivity index (χ0v) is 13.5. The van der Waals surface area contributed by atoms with Crippen molar-refractivity contribution in [2.45, 2.75) is 65.1 Å². The topological polar surface area (TPSA) is 62.6 Å². The Labute approximate surface area is 130 Å². The summed E-state index contributed by atoms with van der Waals surface area (Å²) in [4.78, 5) is 2.55. The van der Waals surface area contributed by atoms with E-state index >= 15 is 0 Å². The summed E-state index contributed by atoms with van der Waals surface area (Å²) in [6, 6.07) is 0.468. The summed E-state index contributed by atoms with van der Waals surface area (Å²) in [7, 11) is 0. The Bertz CT molecular complexity index is 651. The summed E-state index contributed by atoms with van der Waals surface area (Å²) in [6.45, 7) is 7.36. The van der Waals surface area contributed by atoms with Gasteiger partial charge in [0.15, 0.2) is 0 Å². The van der Waals surface area contributed by atoms with Crippen LogP contribution in [0.1, 0.15) is 60.3 Å². The van der Waals surface area contributed by atoms with Crippen molar-refractivity contribution in [2.75, 3.05) is 6.54 Å². The van der Waals surface area contributed by atoms with E-state index in [4.69, 9.17) is 0 Å². The quantitative estimate of drug-likeness (QED) is 0.944. The van der Waals surface area contributed by atoms with E-state index < -0.39 is 0 Å². The largest absolute Gasteiger partial charge is 0.314 e. The molecule has 4 rings (SSSR count). The van der Waals surface area contributed by atoms with Gasteiger partial charge in [-0.3, -0.25) is 10.00 Å². The maximum absolute atomic E-state index is 4.47. The second kappa shape index (κ2) is 5.50. The summed E-state index contributed by atoms with van der Waals surface area (Å²) < 4.78 is 2.34. The fourth-order valence-electron chi connectivity index (χ4n) is 4.06. The Morgan fingerprint density at radius 2 is 2.05 bits per heavy atom. The first-order valence-corrected chi connectivity index (χ1v) is 8.40. The molecule has 1 atom stereocenters. The number of likely N-dealkylation sites (tertiary alicyclic amines) is 1. The van der Waals surface area contributed by atoms with E-state index in [0.717, 1.165) is 37.6 Å². The molecule has 0 radical (unpaired) electrons. The van der Waals surface area contributed by atoms with Gasteiger partial charge in [0.2, 0.25) is 0 Å². The third-order valence-electron chi connectivity index (χ3n) is 5.16. The molecule has 0 bridgehead atoms. The lowest BCUT2D eigenvalue weighted by Crippen LogP contribution is -2.26. The molecule has 6 nitrogen and oxygen atoms in total. The minimum atomic E-state index is 0.468. The van der Waals surface area contributed by atoms with Gasteiger partial charge in [0.05, 0.1) is 12.2 Å². The zero-order valence-electron chi connectivity index (χ0n) is 13.5. The van der Waals surface area contributed by atoms with E-state index in [-0.39, 0.29) is 0 Å². The SMILES string of the molecule is Cc1n[nH]c(C)c1C1CCCN1Cc1nnc2n1CCCC2. The van der Waals surface area contributed by atoms with Crippen molar-refractivity contribution < 1.29 is 0 Å². The molecule has 0 aromatic carbocycles. The predicted octanol–water partition coefficient (Wildman–Crippen LogP) is 2.29. The van der Waals surface area contributed by atoms with E-state index in [1.807, 2.05) is 0 Å². The van der Waals surface area contributed by atoms with Crippen LogP contribution in [0.5, 0.6) is 0 Å². The van der Waals surface area contributed by atoms with Gasteiger partial charge in [-0.1, -0.05) is 0 Å². The van der Waals surface area contributed by atoms with Crippen LogP contribution < -0.4 is 0 Å². The number of aromatic amines is 1. The Morgan fingerprint density at radius 3 is 2.86 bits per heavy atom.